The van der Waals surface area contributed by atoms with E-state index >= 15 is 0 Å². The summed E-state index contributed by atoms with van der Waals surface area (Å²) in [6.07, 6.45) is 2.13. The number of carbonyl (C=O) groups excluding carboxylic acids is 2. The average molecular weight is 374 g/mol. The van der Waals surface area contributed by atoms with Gasteiger partial charge in [0.2, 0.25) is 5.91 Å². The van der Waals surface area contributed by atoms with E-state index in [1.165, 1.54) is 0 Å². The third kappa shape index (κ3) is 3.20. The lowest BCUT2D eigenvalue weighted by molar-refractivity contribution is -0.143. The molecular weight excluding hydrogens is 352 g/mol. The Hall–Kier alpha value is -2.02. The van der Waals surface area contributed by atoms with Crippen LogP contribution in [0.4, 0.5) is 0 Å². The van der Waals surface area contributed by atoms with E-state index in [4.69, 9.17) is 0 Å². The van der Waals surface area contributed by atoms with Crippen molar-refractivity contribution in [3.05, 3.63) is 35.9 Å². The molecule has 1 aliphatic carbocycles. The lowest BCUT2D eigenvalue weighted by Crippen LogP contribution is -2.48. The zero-order valence-corrected chi connectivity index (χ0v) is 15.2. The Morgan fingerprint density at radius 2 is 1.81 bits per heavy atom. The summed E-state index contributed by atoms with van der Waals surface area (Å²) in [5.74, 6) is 0.0357. The predicted molar refractivity (Wildman–Crippen MR) is 97.6 cm³/mol. The van der Waals surface area contributed by atoms with E-state index < -0.39 is 17.9 Å². The summed E-state index contributed by atoms with van der Waals surface area (Å²) in [5.41, 5.74) is 0.577. The van der Waals surface area contributed by atoms with Crippen LogP contribution in [-0.4, -0.2) is 63.5 Å². The third-order valence-electron chi connectivity index (χ3n) is 5.67. The zero-order valence-electron chi connectivity index (χ0n) is 14.4. The van der Waals surface area contributed by atoms with Crippen LogP contribution in [0.3, 0.4) is 0 Å². The van der Waals surface area contributed by atoms with E-state index in [1.807, 2.05) is 18.2 Å². The van der Waals surface area contributed by atoms with Gasteiger partial charge in [-0.1, -0.05) is 18.2 Å². The first-order valence-corrected chi connectivity index (χ1v) is 10.2. The highest BCUT2D eigenvalue weighted by molar-refractivity contribution is 7.99. The zero-order chi connectivity index (χ0) is 18.3. The van der Waals surface area contributed by atoms with Crippen LogP contribution < -0.4 is 0 Å². The summed E-state index contributed by atoms with van der Waals surface area (Å²) in [6.45, 7) is 0.777. The van der Waals surface area contributed by atoms with Gasteiger partial charge in [0.05, 0.1) is 11.8 Å². The van der Waals surface area contributed by atoms with Crippen molar-refractivity contribution < 1.29 is 19.5 Å². The maximum atomic E-state index is 13.1. The molecular formula is C19H22N2O4S. The lowest BCUT2D eigenvalue weighted by Gasteiger charge is -2.27. The summed E-state index contributed by atoms with van der Waals surface area (Å²) in [5, 5.41) is 9.51. The number of thioether (sulfide) groups is 1. The van der Waals surface area contributed by atoms with Crippen LogP contribution in [0.5, 0.6) is 0 Å². The second-order valence-corrected chi connectivity index (χ2v) is 8.35. The van der Waals surface area contributed by atoms with E-state index in [-0.39, 0.29) is 24.3 Å². The molecule has 6 nitrogen and oxygen atoms in total. The minimum Gasteiger partial charge on any atom is -0.481 e. The molecule has 1 N–H and O–H groups in total. The van der Waals surface area contributed by atoms with Gasteiger partial charge in [-0.2, -0.15) is 0 Å². The summed E-state index contributed by atoms with van der Waals surface area (Å²) in [6, 6.07) is 8.49. The Balaban J connectivity index is 1.48. The van der Waals surface area contributed by atoms with E-state index in [0.29, 0.717) is 29.7 Å². The maximum absolute atomic E-state index is 13.1. The Morgan fingerprint density at radius 1 is 1.08 bits per heavy atom. The standard InChI is InChI=1S/C19H22N2O4S/c22-17(13-4-2-1-3-5-13)21-11-26-10-16(21)18(23)20-8-14(12-6-7-12)15(9-20)19(24)25/h1-5,12,14-16H,6-11H2,(H,24,25)/t14-,15+,16?/m1/s1. The molecule has 1 aromatic carbocycles. The van der Waals surface area contributed by atoms with Gasteiger partial charge in [-0.3, -0.25) is 14.4 Å². The number of benzene rings is 1. The quantitative estimate of drug-likeness (QED) is 0.869. The number of amides is 2. The Labute approximate surface area is 156 Å². The van der Waals surface area contributed by atoms with Crippen molar-refractivity contribution in [3.63, 3.8) is 0 Å². The second kappa shape index (κ2) is 6.95. The summed E-state index contributed by atoms with van der Waals surface area (Å²) < 4.78 is 0. The van der Waals surface area contributed by atoms with Crippen LogP contribution in [0.2, 0.25) is 0 Å². The average Bonchev–Trinajstić information content (AvgIpc) is 3.21. The molecule has 1 saturated carbocycles. The third-order valence-corrected chi connectivity index (χ3v) is 6.68. The smallest absolute Gasteiger partial charge is 0.308 e. The molecule has 2 aliphatic heterocycles. The van der Waals surface area contributed by atoms with Gasteiger partial charge in [0.1, 0.15) is 6.04 Å². The number of hydrogen-bond donors (Lipinski definition) is 1. The molecule has 0 aromatic heterocycles. The molecule has 1 aromatic rings. The molecule has 3 aliphatic rings. The van der Waals surface area contributed by atoms with Crippen LogP contribution in [0, 0.1) is 17.8 Å². The van der Waals surface area contributed by atoms with E-state index in [9.17, 15) is 19.5 Å². The van der Waals surface area contributed by atoms with Crippen molar-refractivity contribution in [3.8, 4) is 0 Å². The Kier molecular flexibility index (Phi) is 4.65. The minimum absolute atomic E-state index is 0.0591. The highest BCUT2D eigenvalue weighted by Gasteiger charge is 2.49. The maximum Gasteiger partial charge on any atom is 0.308 e. The molecule has 7 heteroatoms. The van der Waals surface area contributed by atoms with E-state index in [0.717, 1.165) is 12.8 Å². The van der Waals surface area contributed by atoms with Crippen molar-refractivity contribution in [2.75, 3.05) is 24.7 Å². The van der Waals surface area contributed by atoms with Gasteiger partial charge in [-0.15, -0.1) is 11.8 Å². The van der Waals surface area contributed by atoms with Crippen LogP contribution in [0.25, 0.3) is 0 Å². The largest absolute Gasteiger partial charge is 0.481 e. The van der Waals surface area contributed by atoms with Crippen molar-refractivity contribution in [1.29, 1.82) is 0 Å². The molecule has 1 unspecified atom stereocenters. The Morgan fingerprint density at radius 3 is 2.46 bits per heavy atom. The number of rotatable bonds is 4. The number of nitrogens with zero attached hydrogens (tertiary/aromatic N) is 2. The fraction of sp³-hybridized carbons (Fsp3) is 0.526. The predicted octanol–water partition coefficient (Wildman–Crippen LogP) is 1.77. The highest BCUT2D eigenvalue weighted by Crippen LogP contribution is 2.44. The molecule has 2 heterocycles. The van der Waals surface area contributed by atoms with Crippen LogP contribution >= 0.6 is 11.8 Å². The SMILES string of the molecule is O=C(O)[C@H]1CN(C(=O)C2CSCN2C(=O)c2ccccc2)C[C@@H]1C1CC1. The molecule has 0 radical (unpaired) electrons. The van der Waals surface area contributed by atoms with Gasteiger partial charge in [0.15, 0.2) is 0 Å². The fourth-order valence-electron chi connectivity index (χ4n) is 4.08. The molecule has 26 heavy (non-hydrogen) atoms. The number of hydrogen-bond acceptors (Lipinski definition) is 4. The van der Waals surface area contributed by atoms with E-state index in [1.54, 1.807) is 33.7 Å². The summed E-state index contributed by atoms with van der Waals surface area (Å²) in [4.78, 5) is 40.8. The molecule has 3 atom stereocenters. The number of carboxylic acids is 1. The first-order valence-electron chi connectivity index (χ1n) is 9.01. The van der Waals surface area contributed by atoms with Gasteiger partial charge >= 0.3 is 5.97 Å². The van der Waals surface area contributed by atoms with Gasteiger partial charge in [0.25, 0.3) is 5.91 Å². The molecule has 2 saturated heterocycles. The van der Waals surface area contributed by atoms with Crippen molar-refractivity contribution in [2.45, 2.75) is 18.9 Å². The Bertz CT molecular complexity index is 722. The van der Waals surface area contributed by atoms with Crippen LogP contribution in [0.1, 0.15) is 23.2 Å². The van der Waals surface area contributed by atoms with Gasteiger partial charge < -0.3 is 14.9 Å². The van der Waals surface area contributed by atoms with Gasteiger partial charge in [0, 0.05) is 24.4 Å². The first-order chi connectivity index (χ1) is 12.6. The molecule has 3 fully saturated rings. The van der Waals surface area contributed by atoms with Gasteiger partial charge in [-0.25, -0.2) is 0 Å². The molecule has 0 spiro atoms. The summed E-state index contributed by atoms with van der Waals surface area (Å²) >= 11 is 1.57. The molecule has 138 valence electrons. The van der Waals surface area contributed by atoms with Gasteiger partial charge in [-0.05, 0) is 36.8 Å². The summed E-state index contributed by atoms with van der Waals surface area (Å²) in [7, 11) is 0. The monoisotopic (exact) mass is 374 g/mol. The highest BCUT2D eigenvalue weighted by atomic mass is 32.2. The fourth-order valence-corrected chi connectivity index (χ4v) is 5.22. The molecule has 4 rings (SSSR count). The normalized spacial score (nSPS) is 28.4. The molecule has 2 amide bonds. The molecule has 0 bridgehead atoms. The first kappa shape index (κ1) is 17.4. The van der Waals surface area contributed by atoms with Crippen molar-refractivity contribution in [2.24, 2.45) is 17.8 Å². The van der Waals surface area contributed by atoms with Crippen molar-refractivity contribution >= 4 is 29.5 Å². The number of carbonyl (C=O) groups is 3. The van der Waals surface area contributed by atoms with E-state index in [2.05, 4.69) is 0 Å². The van der Waals surface area contributed by atoms with Crippen LogP contribution in [-0.2, 0) is 9.59 Å². The minimum atomic E-state index is -0.810. The topological polar surface area (TPSA) is 77.9 Å². The lowest BCUT2D eigenvalue weighted by atomic mass is 9.92. The number of carboxylic acid groups (broad SMARTS) is 1. The number of aliphatic carboxylic acids is 1. The second-order valence-electron chi connectivity index (χ2n) is 7.35. The number of likely N-dealkylation sites (tertiary alicyclic amines) is 1. The van der Waals surface area contributed by atoms with Crippen LogP contribution in [0.15, 0.2) is 30.3 Å². The van der Waals surface area contributed by atoms with Crippen molar-refractivity contribution in [1.82, 2.24) is 9.80 Å².